The van der Waals surface area contributed by atoms with E-state index in [0.29, 0.717) is 0 Å². The Hall–Kier alpha value is -1.09. The minimum Gasteiger partial charge on any atom is -0.370 e. The van der Waals surface area contributed by atoms with Crippen LogP contribution in [0.2, 0.25) is 0 Å². The fourth-order valence-electron chi connectivity index (χ4n) is 1.85. The van der Waals surface area contributed by atoms with Gasteiger partial charge >= 0.3 is 0 Å². The summed E-state index contributed by atoms with van der Waals surface area (Å²) >= 11 is 0. The van der Waals surface area contributed by atoms with Crippen molar-refractivity contribution in [2.24, 2.45) is 0 Å². The summed E-state index contributed by atoms with van der Waals surface area (Å²) in [6.45, 7) is 2.18. The molecule has 0 atom stereocenters. The first-order valence-corrected chi connectivity index (χ1v) is 6.33. The predicted octanol–water partition coefficient (Wildman–Crippen LogP) is 2.42. The van der Waals surface area contributed by atoms with Crippen LogP contribution in [0, 0.1) is 0 Å². The van der Waals surface area contributed by atoms with E-state index in [1.54, 1.807) is 0 Å². The van der Waals surface area contributed by atoms with Gasteiger partial charge in [-0.3, -0.25) is 0 Å². The summed E-state index contributed by atoms with van der Waals surface area (Å²) in [6.07, 6.45) is 8.45. The number of anilines is 1. The molecule has 0 aromatic carbocycles. The average molecular weight is 219 g/mol. The Morgan fingerprint density at radius 1 is 1.19 bits per heavy atom. The van der Waals surface area contributed by atoms with Crippen LogP contribution < -0.4 is 10.6 Å². The second-order valence-electron chi connectivity index (χ2n) is 4.43. The molecule has 0 unspecified atom stereocenters. The largest absolute Gasteiger partial charge is 0.370 e. The van der Waals surface area contributed by atoms with Crippen molar-refractivity contribution in [1.29, 1.82) is 0 Å². The summed E-state index contributed by atoms with van der Waals surface area (Å²) in [6, 6.07) is 6.78. The van der Waals surface area contributed by atoms with Crippen molar-refractivity contribution in [3.05, 3.63) is 24.4 Å². The van der Waals surface area contributed by atoms with Gasteiger partial charge in [0.05, 0.1) is 0 Å². The SMILES string of the molecule is c1ccc(NCCCCNC2CCC2)nc1. The van der Waals surface area contributed by atoms with Crippen LogP contribution in [-0.2, 0) is 0 Å². The van der Waals surface area contributed by atoms with Crippen LogP contribution in [0.1, 0.15) is 32.1 Å². The number of unbranched alkanes of at least 4 members (excludes halogenated alkanes) is 1. The molecule has 1 aliphatic carbocycles. The van der Waals surface area contributed by atoms with Crippen LogP contribution in [0.5, 0.6) is 0 Å². The van der Waals surface area contributed by atoms with Gasteiger partial charge in [0.25, 0.3) is 0 Å². The number of hydrogen-bond donors (Lipinski definition) is 2. The maximum absolute atomic E-state index is 4.22. The van der Waals surface area contributed by atoms with Crippen molar-refractivity contribution in [1.82, 2.24) is 10.3 Å². The van der Waals surface area contributed by atoms with E-state index in [1.807, 2.05) is 24.4 Å². The van der Waals surface area contributed by atoms with Gasteiger partial charge in [-0.2, -0.15) is 0 Å². The van der Waals surface area contributed by atoms with Gasteiger partial charge in [-0.05, 0) is 44.4 Å². The number of nitrogens with one attached hydrogen (secondary N) is 2. The molecule has 1 fully saturated rings. The van der Waals surface area contributed by atoms with E-state index in [0.717, 1.165) is 24.9 Å². The highest BCUT2D eigenvalue weighted by Crippen LogP contribution is 2.17. The lowest BCUT2D eigenvalue weighted by Gasteiger charge is -2.26. The molecule has 1 saturated carbocycles. The van der Waals surface area contributed by atoms with Crippen LogP contribution in [0.25, 0.3) is 0 Å². The van der Waals surface area contributed by atoms with Crippen molar-refractivity contribution in [2.75, 3.05) is 18.4 Å². The summed E-state index contributed by atoms with van der Waals surface area (Å²) in [4.78, 5) is 4.22. The van der Waals surface area contributed by atoms with Crippen LogP contribution in [0.3, 0.4) is 0 Å². The van der Waals surface area contributed by atoms with E-state index in [1.165, 1.54) is 32.1 Å². The first-order valence-electron chi connectivity index (χ1n) is 6.33. The van der Waals surface area contributed by atoms with Gasteiger partial charge in [0, 0.05) is 18.8 Å². The minimum absolute atomic E-state index is 0.823. The lowest BCUT2D eigenvalue weighted by atomic mass is 9.93. The van der Waals surface area contributed by atoms with Crippen LogP contribution >= 0.6 is 0 Å². The summed E-state index contributed by atoms with van der Waals surface area (Å²) in [7, 11) is 0. The zero-order valence-corrected chi connectivity index (χ0v) is 9.78. The molecular weight excluding hydrogens is 198 g/mol. The summed E-state index contributed by atoms with van der Waals surface area (Å²) in [5, 5.41) is 6.90. The molecule has 1 aromatic rings. The number of hydrogen-bond acceptors (Lipinski definition) is 3. The Morgan fingerprint density at radius 3 is 2.75 bits per heavy atom. The lowest BCUT2D eigenvalue weighted by molar-refractivity contribution is 0.338. The van der Waals surface area contributed by atoms with E-state index in [2.05, 4.69) is 15.6 Å². The maximum atomic E-state index is 4.22. The zero-order valence-electron chi connectivity index (χ0n) is 9.78. The highest BCUT2D eigenvalue weighted by atomic mass is 15.0. The van der Waals surface area contributed by atoms with Gasteiger partial charge in [0.15, 0.2) is 0 Å². The molecule has 0 saturated heterocycles. The average Bonchev–Trinajstić information content (AvgIpc) is 2.27. The predicted molar refractivity (Wildman–Crippen MR) is 67.6 cm³/mol. The van der Waals surface area contributed by atoms with Gasteiger partial charge in [-0.25, -0.2) is 4.98 Å². The number of rotatable bonds is 7. The van der Waals surface area contributed by atoms with E-state index >= 15 is 0 Å². The van der Waals surface area contributed by atoms with Crippen molar-refractivity contribution >= 4 is 5.82 Å². The molecule has 0 bridgehead atoms. The summed E-state index contributed by atoms with van der Waals surface area (Å²) < 4.78 is 0. The Bertz CT molecular complexity index is 282. The third-order valence-electron chi connectivity index (χ3n) is 3.11. The molecular formula is C13H21N3. The van der Waals surface area contributed by atoms with Crippen molar-refractivity contribution in [3.8, 4) is 0 Å². The van der Waals surface area contributed by atoms with Crippen LogP contribution in [-0.4, -0.2) is 24.1 Å². The first kappa shape index (κ1) is 11.4. The fraction of sp³-hybridized carbons (Fsp3) is 0.615. The van der Waals surface area contributed by atoms with Crippen LogP contribution in [0.4, 0.5) is 5.82 Å². The Labute approximate surface area is 97.7 Å². The summed E-state index contributed by atoms with van der Waals surface area (Å²) in [5.74, 6) is 0.981. The lowest BCUT2D eigenvalue weighted by Crippen LogP contribution is -2.35. The highest BCUT2D eigenvalue weighted by molar-refractivity contribution is 5.32. The monoisotopic (exact) mass is 219 g/mol. The van der Waals surface area contributed by atoms with E-state index in [4.69, 9.17) is 0 Å². The third kappa shape index (κ3) is 3.81. The van der Waals surface area contributed by atoms with Gasteiger partial charge < -0.3 is 10.6 Å². The van der Waals surface area contributed by atoms with Crippen molar-refractivity contribution < 1.29 is 0 Å². The van der Waals surface area contributed by atoms with Gasteiger partial charge in [0.2, 0.25) is 0 Å². The second kappa shape index (κ2) is 6.48. The normalized spacial score (nSPS) is 15.8. The molecule has 0 amide bonds. The van der Waals surface area contributed by atoms with Gasteiger partial charge in [-0.1, -0.05) is 12.5 Å². The molecule has 3 nitrogen and oxygen atoms in total. The molecule has 1 aliphatic rings. The quantitative estimate of drug-likeness (QED) is 0.691. The molecule has 0 aliphatic heterocycles. The number of pyridine rings is 1. The van der Waals surface area contributed by atoms with E-state index in [9.17, 15) is 0 Å². The first-order chi connectivity index (χ1) is 7.95. The zero-order chi connectivity index (χ0) is 11.1. The second-order valence-corrected chi connectivity index (χ2v) is 4.43. The van der Waals surface area contributed by atoms with Crippen molar-refractivity contribution in [2.45, 2.75) is 38.1 Å². The molecule has 88 valence electrons. The van der Waals surface area contributed by atoms with E-state index < -0.39 is 0 Å². The molecule has 1 aromatic heterocycles. The highest BCUT2D eigenvalue weighted by Gasteiger charge is 2.15. The Balaban J connectivity index is 1.45. The maximum Gasteiger partial charge on any atom is 0.125 e. The topological polar surface area (TPSA) is 37.0 Å². The molecule has 2 rings (SSSR count). The van der Waals surface area contributed by atoms with Crippen LogP contribution in [0.15, 0.2) is 24.4 Å². The molecule has 3 heteroatoms. The van der Waals surface area contributed by atoms with Crippen molar-refractivity contribution in [3.63, 3.8) is 0 Å². The standard InChI is InChI=1S/C13H21N3/c1-2-10-15-13(8-1)16-11-4-3-9-14-12-6-5-7-12/h1-2,8,10,12,14H,3-7,9,11H2,(H,15,16). The molecule has 2 N–H and O–H groups in total. The summed E-state index contributed by atoms with van der Waals surface area (Å²) in [5.41, 5.74) is 0. The third-order valence-corrected chi connectivity index (χ3v) is 3.11. The smallest absolute Gasteiger partial charge is 0.125 e. The van der Waals surface area contributed by atoms with Gasteiger partial charge in [0.1, 0.15) is 5.82 Å². The number of aromatic nitrogens is 1. The molecule has 0 spiro atoms. The minimum atomic E-state index is 0.823. The Kier molecular flexibility index (Phi) is 4.62. The molecule has 16 heavy (non-hydrogen) atoms. The molecule has 1 heterocycles. The molecule has 0 radical (unpaired) electrons. The van der Waals surface area contributed by atoms with Gasteiger partial charge in [-0.15, -0.1) is 0 Å². The number of nitrogens with zero attached hydrogens (tertiary/aromatic N) is 1. The fourth-order valence-corrected chi connectivity index (χ4v) is 1.85. The van der Waals surface area contributed by atoms with E-state index in [-0.39, 0.29) is 0 Å². The Morgan fingerprint density at radius 2 is 2.06 bits per heavy atom.